The maximum atomic E-state index is 12.1. The highest BCUT2D eigenvalue weighted by Gasteiger charge is 2.19. The second-order valence-electron chi connectivity index (χ2n) is 4.46. The Morgan fingerprint density at radius 2 is 1.71 bits per heavy atom. The van der Waals surface area contributed by atoms with Gasteiger partial charge in [-0.05, 0) is 44.9 Å². The Morgan fingerprint density at radius 1 is 1.12 bits per heavy atom. The summed E-state index contributed by atoms with van der Waals surface area (Å²) in [6, 6.07) is 3.44. The molecule has 0 amide bonds. The zero-order valence-corrected chi connectivity index (χ0v) is 11.8. The summed E-state index contributed by atoms with van der Waals surface area (Å²) in [6.45, 7) is 7.37. The molecule has 0 aromatic heterocycles. The van der Waals surface area contributed by atoms with Crippen LogP contribution < -0.4 is 10.0 Å². The van der Waals surface area contributed by atoms with Crippen LogP contribution in [0.5, 0.6) is 0 Å². The van der Waals surface area contributed by atoms with Gasteiger partial charge in [-0.15, -0.1) is 0 Å². The van der Waals surface area contributed by atoms with Gasteiger partial charge in [0.1, 0.15) is 0 Å². The normalized spacial score (nSPS) is 11.9. The maximum Gasteiger partial charge on any atom is 0.241 e. The van der Waals surface area contributed by atoms with Gasteiger partial charge in [0.2, 0.25) is 10.0 Å². The lowest BCUT2D eigenvalue weighted by Gasteiger charge is -2.14. The Bertz CT molecular complexity index is 507. The predicted octanol–water partition coefficient (Wildman–Crippen LogP) is 2.03. The summed E-state index contributed by atoms with van der Waals surface area (Å²) in [5.74, 6) is 0. The number of anilines is 1. The zero-order valence-electron chi connectivity index (χ0n) is 11.0. The highest BCUT2D eigenvalue weighted by molar-refractivity contribution is 7.89. The SMILES string of the molecule is CNc1cc(S(=O)(=O)NC(C)C)c(C)cc1C. The van der Waals surface area contributed by atoms with Crippen LogP contribution in [0.15, 0.2) is 17.0 Å². The molecule has 0 saturated carbocycles. The molecule has 0 atom stereocenters. The molecule has 0 bridgehead atoms. The van der Waals surface area contributed by atoms with Gasteiger partial charge in [-0.3, -0.25) is 0 Å². The first-order chi connectivity index (χ1) is 7.77. The van der Waals surface area contributed by atoms with E-state index in [1.54, 1.807) is 33.9 Å². The third-order valence-corrected chi connectivity index (χ3v) is 4.27. The highest BCUT2D eigenvalue weighted by Crippen LogP contribution is 2.23. The number of benzene rings is 1. The van der Waals surface area contributed by atoms with Crippen LogP contribution in [0.1, 0.15) is 25.0 Å². The summed E-state index contributed by atoms with van der Waals surface area (Å²) >= 11 is 0. The molecule has 1 aromatic carbocycles. The predicted molar refractivity (Wildman–Crippen MR) is 70.9 cm³/mol. The summed E-state index contributed by atoms with van der Waals surface area (Å²) in [6.07, 6.45) is 0. The quantitative estimate of drug-likeness (QED) is 0.866. The summed E-state index contributed by atoms with van der Waals surface area (Å²) in [7, 11) is -1.65. The molecule has 1 rings (SSSR count). The van der Waals surface area contributed by atoms with E-state index in [9.17, 15) is 8.42 Å². The summed E-state index contributed by atoms with van der Waals surface area (Å²) in [4.78, 5) is 0.334. The van der Waals surface area contributed by atoms with Crippen molar-refractivity contribution in [3.05, 3.63) is 23.3 Å². The smallest absolute Gasteiger partial charge is 0.241 e. The van der Waals surface area contributed by atoms with Crippen molar-refractivity contribution in [2.45, 2.75) is 38.6 Å². The van der Waals surface area contributed by atoms with Crippen LogP contribution >= 0.6 is 0 Å². The number of aryl methyl sites for hydroxylation is 2. The van der Waals surface area contributed by atoms with Crippen LogP contribution in [0.3, 0.4) is 0 Å². The molecule has 0 fully saturated rings. The Morgan fingerprint density at radius 3 is 2.18 bits per heavy atom. The molecular formula is C12H20N2O2S. The van der Waals surface area contributed by atoms with Gasteiger partial charge in [-0.1, -0.05) is 6.07 Å². The van der Waals surface area contributed by atoms with Gasteiger partial charge in [0.15, 0.2) is 0 Å². The first-order valence-electron chi connectivity index (χ1n) is 5.59. The Balaban J connectivity index is 3.31. The van der Waals surface area contributed by atoms with Crippen LogP contribution in [0.2, 0.25) is 0 Å². The summed E-state index contributed by atoms with van der Waals surface area (Å²) < 4.78 is 26.8. The largest absolute Gasteiger partial charge is 0.388 e. The van der Waals surface area contributed by atoms with Crippen LogP contribution in [0.4, 0.5) is 5.69 Å². The van der Waals surface area contributed by atoms with Gasteiger partial charge in [0.25, 0.3) is 0 Å². The van der Waals surface area contributed by atoms with Gasteiger partial charge in [-0.2, -0.15) is 0 Å². The molecule has 0 saturated heterocycles. The first kappa shape index (κ1) is 14.0. The molecule has 0 aliphatic heterocycles. The lowest BCUT2D eigenvalue weighted by Crippen LogP contribution is -2.30. The topological polar surface area (TPSA) is 58.2 Å². The molecule has 17 heavy (non-hydrogen) atoms. The molecule has 0 aliphatic rings. The average Bonchev–Trinajstić information content (AvgIpc) is 2.15. The molecule has 0 aliphatic carbocycles. The standard InChI is InChI=1S/C12H20N2O2S/c1-8(2)14-17(15,16)12-7-11(13-5)9(3)6-10(12)4/h6-8,13-14H,1-5H3. The molecule has 0 spiro atoms. The van der Waals surface area contributed by atoms with Gasteiger partial charge >= 0.3 is 0 Å². The third kappa shape index (κ3) is 3.20. The highest BCUT2D eigenvalue weighted by atomic mass is 32.2. The van der Waals surface area contributed by atoms with Gasteiger partial charge < -0.3 is 5.32 Å². The van der Waals surface area contributed by atoms with Gasteiger partial charge in [0.05, 0.1) is 4.90 Å². The van der Waals surface area contributed by atoms with Crippen molar-refractivity contribution in [1.82, 2.24) is 4.72 Å². The number of rotatable bonds is 4. The van der Waals surface area contributed by atoms with Crippen molar-refractivity contribution in [1.29, 1.82) is 0 Å². The molecule has 96 valence electrons. The zero-order chi connectivity index (χ0) is 13.2. The van der Waals surface area contributed by atoms with Crippen molar-refractivity contribution in [3.63, 3.8) is 0 Å². The summed E-state index contributed by atoms with van der Waals surface area (Å²) in [5.41, 5.74) is 2.63. The van der Waals surface area contributed by atoms with Crippen molar-refractivity contribution < 1.29 is 8.42 Å². The number of sulfonamides is 1. The number of hydrogen-bond donors (Lipinski definition) is 2. The minimum absolute atomic E-state index is 0.112. The number of nitrogens with one attached hydrogen (secondary N) is 2. The summed E-state index contributed by atoms with van der Waals surface area (Å²) in [5, 5.41) is 3.00. The van der Waals surface area contributed by atoms with E-state index in [1.807, 2.05) is 13.0 Å². The maximum absolute atomic E-state index is 12.1. The Hall–Kier alpha value is -1.07. The molecule has 5 heteroatoms. The fourth-order valence-corrected chi connectivity index (χ4v) is 3.27. The van der Waals surface area contributed by atoms with E-state index in [-0.39, 0.29) is 6.04 Å². The second-order valence-corrected chi connectivity index (χ2v) is 6.14. The fraction of sp³-hybridized carbons (Fsp3) is 0.500. The van der Waals surface area contributed by atoms with E-state index in [0.717, 1.165) is 16.8 Å². The Kier molecular flexibility index (Phi) is 4.16. The lowest BCUT2D eigenvalue weighted by atomic mass is 10.1. The lowest BCUT2D eigenvalue weighted by molar-refractivity contribution is 0.569. The molecule has 0 radical (unpaired) electrons. The van der Waals surface area contributed by atoms with Crippen LogP contribution in [-0.2, 0) is 10.0 Å². The van der Waals surface area contributed by atoms with Gasteiger partial charge in [-0.25, -0.2) is 13.1 Å². The van der Waals surface area contributed by atoms with E-state index < -0.39 is 10.0 Å². The minimum atomic E-state index is -3.43. The Labute approximate surface area is 103 Å². The van der Waals surface area contributed by atoms with E-state index in [0.29, 0.717) is 4.90 Å². The second kappa shape index (κ2) is 5.06. The number of hydrogen-bond acceptors (Lipinski definition) is 3. The molecule has 0 heterocycles. The van der Waals surface area contributed by atoms with Crippen molar-refractivity contribution in [3.8, 4) is 0 Å². The first-order valence-corrected chi connectivity index (χ1v) is 7.07. The van der Waals surface area contributed by atoms with E-state index in [4.69, 9.17) is 0 Å². The van der Waals surface area contributed by atoms with E-state index in [1.165, 1.54) is 0 Å². The molecule has 1 aromatic rings. The van der Waals surface area contributed by atoms with Crippen LogP contribution in [0, 0.1) is 13.8 Å². The minimum Gasteiger partial charge on any atom is -0.388 e. The van der Waals surface area contributed by atoms with Crippen LogP contribution in [0.25, 0.3) is 0 Å². The van der Waals surface area contributed by atoms with Crippen molar-refractivity contribution >= 4 is 15.7 Å². The van der Waals surface area contributed by atoms with E-state index in [2.05, 4.69) is 10.0 Å². The average molecular weight is 256 g/mol. The monoisotopic (exact) mass is 256 g/mol. The van der Waals surface area contributed by atoms with Crippen molar-refractivity contribution in [2.24, 2.45) is 0 Å². The van der Waals surface area contributed by atoms with Crippen LogP contribution in [-0.4, -0.2) is 21.5 Å². The molecule has 2 N–H and O–H groups in total. The molecule has 4 nitrogen and oxygen atoms in total. The van der Waals surface area contributed by atoms with Gasteiger partial charge in [0, 0.05) is 18.8 Å². The van der Waals surface area contributed by atoms with Crippen molar-refractivity contribution in [2.75, 3.05) is 12.4 Å². The van der Waals surface area contributed by atoms with E-state index >= 15 is 0 Å². The molecular weight excluding hydrogens is 236 g/mol. The molecule has 0 unspecified atom stereocenters. The fourth-order valence-electron chi connectivity index (χ4n) is 1.77. The third-order valence-electron chi connectivity index (χ3n) is 2.47.